The van der Waals surface area contributed by atoms with E-state index in [0.29, 0.717) is 23.8 Å². The zero-order valence-corrected chi connectivity index (χ0v) is 5.32. The van der Waals surface area contributed by atoms with E-state index in [1.54, 1.807) is 6.08 Å². The summed E-state index contributed by atoms with van der Waals surface area (Å²) >= 11 is 0. The van der Waals surface area contributed by atoms with E-state index in [1.807, 2.05) is 0 Å². The third-order valence-electron chi connectivity index (χ3n) is 1.38. The molecule has 0 aliphatic heterocycles. The van der Waals surface area contributed by atoms with Gasteiger partial charge < -0.3 is 10.0 Å². The Kier molecular flexibility index (Phi) is 2.04. The number of rotatable bonds is 2. The van der Waals surface area contributed by atoms with Crippen molar-refractivity contribution in [1.29, 1.82) is 0 Å². The highest BCUT2D eigenvalue weighted by molar-refractivity contribution is 6.52. The van der Waals surface area contributed by atoms with Gasteiger partial charge in [0.1, 0.15) is 6.29 Å². The van der Waals surface area contributed by atoms with Crippen LogP contribution in [0.15, 0.2) is 23.2 Å². The number of carbonyl (C=O) groups is 1. The Labute approximate surface area is 58.8 Å². The van der Waals surface area contributed by atoms with Crippen LogP contribution in [0.2, 0.25) is 0 Å². The molecule has 0 amide bonds. The van der Waals surface area contributed by atoms with Gasteiger partial charge in [0.25, 0.3) is 0 Å². The van der Waals surface area contributed by atoms with Gasteiger partial charge in [-0.05, 0) is 17.5 Å². The highest BCUT2D eigenvalue weighted by Crippen LogP contribution is 2.15. The van der Waals surface area contributed by atoms with Crippen LogP contribution in [0, 0.1) is 0 Å². The largest absolute Gasteiger partial charge is 0.488 e. The van der Waals surface area contributed by atoms with Crippen molar-refractivity contribution in [1.82, 2.24) is 0 Å². The lowest BCUT2D eigenvalue weighted by Gasteiger charge is -1.91. The maximum absolute atomic E-state index is 10.1. The zero-order chi connectivity index (χ0) is 7.56. The predicted octanol–water partition coefficient (Wildman–Crippen LogP) is -0.546. The molecule has 0 saturated heterocycles. The van der Waals surface area contributed by atoms with Crippen molar-refractivity contribution in [2.24, 2.45) is 0 Å². The van der Waals surface area contributed by atoms with Gasteiger partial charge in [-0.3, -0.25) is 4.79 Å². The third kappa shape index (κ3) is 1.34. The Hall–Kier alpha value is -0.865. The molecule has 2 N–H and O–H groups in total. The Bertz CT molecular complexity index is 205. The van der Waals surface area contributed by atoms with Crippen LogP contribution < -0.4 is 0 Å². The van der Waals surface area contributed by atoms with Gasteiger partial charge >= 0.3 is 7.12 Å². The first kappa shape index (κ1) is 7.24. The second kappa shape index (κ2) is 2.81. The molecule has 1 aliphatic carbocycles. The second-order valence-electron chi connectivity index (χ2n) is 2.12. The topological polar surface area (TPSA) is 57.5 Å². The van der Waals surface area contributed by atoms with Crippen molar-refractivity contribution in [3.63, 3.8) is 0 Å². The maximum atomic E-state index is 10.1. The molecule has 0 atom stereocenters. The average Bonchev–Trinajstić information content (AvgIpc) is 2.34. The maximum Gasteiger partial charge on any atom is 0.488 e. The molecule has 0 spiro atoms. The fourth-order valence-corrected chi connectivity index (χ4v) is 0.830. The summed E-state index contributed by atoms with van der Waals surface area (Å²) in [5, 5.41) is 17.2. The molecule has 0 unspecified atom stereocenters. The molecule has 1 aliphatic rings. The Balaban J connectivity index is 2.67. The van der Waals surface area contributed by atoms with Gasteiger partial charge in [-0.15, -0.1) is 0 Å². The van der Waals surface area contributed by atoms with Crippen LogP contribution in [0.4, 0.5) is 0 Å². The van der Waals surface area contributed by atoms with E-state index >= 15 is 0 Å². The van der Waals surface area contributed by atoms with Gasteiger partial charge in [0.2, 0.25) is 0 Å². The molecule has 10 heavy (non-hydrogen) atoms. The van der Waals surface area contributed by atoms with Gasteiger partial charge in [0.15, 0.2) is 0 Å². The molecule has 0 aromatic rings. The summed E-state index contributed by atoms with van der Waals surface area (Å²) in [6.45, 7) is 0. The molecule has 4 heteroatoms. The quantitative estimate of drug-likeness (QED) is 0.397. The van der Waals surface area contributed by atoms with E-state index in [2.05, 4.69) is 0 Å². The predicted molar refractivity (Wildman–Crippen MR) is 37.0 cm³/mol. The van der Waals surface area contributed by atoms with Crippen LogP contribution >= 0.6 is 0 Å². The first-order chi connectivity index (χ1) is 4.74. The van der Waals surface area contributed by atoms with Crippen LogP contribution in [0.3, 0.4) is 0 Å². The number of allylic oxidation sites excluding steroid dienone is 4. The van der Waals surface area contributed by atoms with E-state index in [1.165, 1.54) is 6.08 Å². The highest BCUT2D eigenvalue weighted by atomic mass is 16.4. The molecule has 0 heterocycles. The molecule has 1 rings (SSSR count). The highest BCUT2D eigenvalue weighted by Gasteiger charge is 2.16. The third-order valence-corrected chi connectivity index (χ3v) is 1.38. The minimum atomic E-state index is -1.45. The Morgan fingerprint density at radius 2 is 2.30 bits per heavy atom. The second-order valence-corrected chi connectivity index (χ2v) is 2.12. The van der Waals surface area contributed by atoms with Crippen molar-refractivity contribution in [3.8, 4) is 0 Å². The van der Waals surface area contributed by atoms with Gasteiger partial charge in [0, 0.05) is 0 Å². The number of hydrogen-bond donors (Lipinski definition) is 2. The number of hydrogen-bond acceptors (Lipinski definition) is 3. The Morgan fingerprint density at radius 1 is 1.60 bits per heavy atom. The first-order valence-electron chi connectivity index (χ1n) is 2.96. The minimum Gasteiger partial charge on any atom is -0.423 e. The lowest BCUT2D eigenvalue weighted by Crippen LogP contribution is -2.12. The first-order valence-corrected chi connectivity index (χ1v) is 2.96. The van der Waals surface area contributed by atoms with Gasteiger partial charge in [-0.2, -0.15) is 0 Å². The summed E-state index contributed by atoms with van der Waals surface area (Å²) in [6.07, 6.45) is 4.33. The SMILES string of the molecule is O=CC1=CC(B(O)O)=CC1. The smallest absolute Gasteiger partial charge is 0.423 e. The minimum absolute atomic E-state index is 0.405. The summed E-state index contributed by atoms with van der Waals surface area (Å²) in [5.74, 6) is 0. The van der Waals surface area contributed by atoms with E-state index in [4.69, 9.17) is 10.0 Å². The molecular formula is C6H7BO3. The van der Waals surface area contributed by atoms with Crippen molar-refractivity contribution in [3.05, 3.63) is 23.2 Å². The van der Waals surface area contributed by atoms with Crippen molar-refractivity contribution in [2.75, 3.05) is 0 Å². The standard InChI is InChI=1S/C6H7BO3/c8-4-5-1-2-6(3-5)7(9)10/h2-4,9-10H,1H2. The molecule has 0 radical (unpaired) electrons. The molecule has 0 saturated carbocycles. The van der Waals surface area contributed by atoms with E-state index in [0.717, 1.165) is 0 Å². The fraction of sp³-hybridized carbons (Fsp3) is 0.167. The average molecular weight is 138 g/mol. The summed E-state index contributed by atoms with van der Waals surface area (Å²) in [7, 11) is -1.45. The molecule has 0 fully saturated rings. The summed E-state index contributed by atoms with van der Waals surface area (Å²) < 4.78 is 0. The van der Waals surface area contributed by atoms with Gasteiger partial charge in [-0.1, -0.05) is 12.2 Å². The number of carbonyl (C=O) groups excluding carboxylic acids is 1. The molecule has 0 aromatic carbocycles. The normalized spacial score (nSPS) is 16.2. The van der Waals surface area contributed by atoms with Crippen LogP contribution in [0.25, 0.3) is 0 Å². The van der Waals surface area contributed by atoms with Crippen molar-refractivity contribution < 1.29 is 14.8 Å². The van der Waals surface area contributed by atoms with Gasteiger partial charge in [0.05, 0.1) is 0 Å². The van der Waals surface area contributed by atoms with Crippen LogP contribution in [0.5, 0.6) is 0 Å². The van der Waals surface area contributed by atoms with E-state index in [-0.39, 0.29) is 0 Å². The van der Waals surface area contributed by atoms with Crippen molar-refractivity contribution in [2.45, 2.75) is 6.42 Å². The molecule has 0 aromatic heterocycles. The van der Waals surface area contributed by atoms with E-state index in [9.17, 15) is 4.79 Å². The van der Waals surface area contributed by atoms with Crippen LogP contribution in [-0.4, -0.2) is 23.5 Å². The molecule has 0 bridgehead atoms. The lowest BCUT2D eigenvalue weighted by molar-refractivity contribution is -0.104. The number of aldehydes is 1. The molecular weight excluding hydrogens is 131 g/mol. The summed E-state index contributed by atoms with van der Waals surface area (Å²) in [6, 6.07) is 0. The monoisotopic (exact) mass is 138 g/mol. The fourth-order valence-electron chi connectivity index (χ4n) is 0.830. The zero-order valence-electron chi connectivity index (χ0n) is 5.32. The molecule has 3 nitrogen and oxygen atoms in total. The molecule has 52 valence electrons. The summed E-state index contributed by atoms with van der Waals surface area (Å²) in [4.78, 5) is 10.1. The van der Waals surface area contributed by atoms with E-state index < -0.39 is 7.12 Å². The van der Waals surface area contributed by atoms with Gasteiger partial charge in [-0.25, -0.2) is 0 Å². The Morgan fingerprint density at radius 3 is 2.60 bits per heavy atom. The van der Waals surface area contributed by atoms with Crippen LogP contribution in [-0.2, 0) is 4.79 Å². The lowest BCUT2D eigenvalue weighted by atomic mass is 9.80. The van der Waals surface area contributed by atoms with Crippen molar-refractivity contribution >= 4 is 13.4 Å². The summed E-state index contributed by atoms with van der Waals surface area (Å²) in [5.41, 5.74) is 0.991. The van der Waals surface area contributed by atoms with Crippen LogP contribution in [0.1, 0.15) is 6.42 Å².